The number of hydrogen-bond acceptors (Lipinski definition) is 6. The van der Waals surface area contributed by atoms with Crippen LogP contribution in [0.15, 0.2) is 0 Å². The number of morpholine rings is 1. The van der Waals surface area contributed by atoms with Gasteiger partial charge < -0.3 is 10.1 Å². The highest BCUT2D eigenvalue weighted by Gasteiger charge is 2.35. The zero-order valence-electron chi connectivity index (χ0n) is 12.3. The maximum absolute atomic E-state index is 12.1. The summed E-state index contributed by atoms with van der Waals surface area (Å²) in [6, 6.07) is 0.0265. The van der Waals surface area contributed by atoms with Crippen LogP contribution in [0, 0.1) is 0 Å². The zero-order valence-corrected chi connectivity index (χ0v) is 13.9. The van der Waals surface area contributed by atoms with Crippen LogP contribution in [0.2, 0.25) is 5.15 Å². The van der Waals surface area contributed by atoms with E-state index in [0.29, 0.717) is 36.8 Å². The van der Waals surface area contributed by atoms with Crippen molar-refractivity contribution in [3.8, 4) is 0 Å². The predicted molar refractivity (Wildman–Crippen MR) is 82.2 cm³/mol. The summed E-state index contributed by atoms with van der Waals surface area (Å²) in [5.74, 6) is 0.743. The Morgan fingerprint density at radius 1 is 1.45 bits per heavy atom. The summed E-state index contributed by atoms with van der Waals surface area (Å²) in [5.41, 5.74) is 0.653. The van der Waals surface area contributed by atoms with E-state index in [1.807, 2.05) is 6.92 Å². The summed E-state index contributed by atoms with van der Waals surface area (Å²) in [4.78, 5) is 8.74. The molecule has 122 valence electrons. The van der Waals surface area contributed by atoms with Crippen LogP contribution in [-0.2, 0) is 21.4 Å². The van der Waals surface area contributed by atoms with Crippen molar-refractivity contribution in [1.82, 2.24) is 20.0 Å². The van der Waals surface area contributed by atoms with Gasteiger partial charge in [0.15, 0.2) is 11.6 Å². The fraction of sp³-hybridized carbons (Fsp3) is 0.667. The molecular weight excluding hydrogens is 330 g/mol. The molecule has 0 bridgehead atoms. The Morgan fingerprint density at radius 3 is 2.91 bits per heavy atom. The van der Waals surface area contributed by atoms with E-state index < -0.39 is 10.2 Å². The number of anilines is 1. The molecule has 10 heteroatoms. The van der Waals surface area contributed by atoms with E-state index in [2.05, 4.69) is 20.0 Å². The van der Waals surface area contributed by atoms with Crippen molar-refractivity contribution in [3.63, 3.8) is 0 Å². The van der Waals surface area contributed by atoms with Gasteiger partial charge >= 0.3 is 10.2 Å². The number of halogens is 1. The second-order valence-electron chi connectivity index (χ2n) is 5.24. The topological polar surface area (TPSA) is 96.5 Å². The zero-order chi connectivity index (χ0) is 15.9. The van der Waals surface area contributed by atoms with Gasteiger partial charge in [-0.2, -0.15) is 8.42 Å². The van der Waals surface area contributed by atoms with E-state index >= 15 is 0 Å². The van der Waals surface area contributed by atoms with Gasteiger partial charge in [0.25, 0.3) is 0 Å². The van der Waals surface area contributed by atoms with Crippen molar-refractivity contribution in [3.05, 3.63) is 16.5 Å². The summed E-state index contributed by atoms with van der Waals surface area (Å²) < 4.78 is 33.4. The summed E-state index contributed by atoms with van der Waals surface area (Å²) in [7, 11) is -2.24. The Hall–Kier alpha value is -1.00. The van der Waals surface area contributed by atoms with Gasteiger partial charge in [0.1, 0.15) is 11.3 Å². The lowest BCUT2D eigenvalue weighted by molar-refractivity contribution is -0.00554. The first kappa shape index (κ1) is 15.9. The molecule has 2 atom stereocenters. The number of nitrogens with zero attached hydrogens (tertiary/aromatic N) is 3. The normalized spacial score (nSPS) is 25.3. The molecule has 0 radical (unpaired) electrons. The monoisotopic (exact) mass is 347 g/mol. The maximum Gasteiger partial charge on any atom is 0.302 e. The third-order valence-electron chi connectivity index (χ3n) is 3.88. The molecule has 2 unspecified atom stereocenters. The smallest absolute Gasteiger partial charge is 0.302 e. The van der Waals surface area contributed by atoms with Gasteiger partial charge in [0, 0.05) is 31.7 Å². The minimum absolute atomic E-state index is 0.0265. The molecule has 0 spiro atoms. The van der Waals surface area contributed by atoms with E-state index in [1.165, 1.54) is 11.4 Å². The van der Waals surface area contributed by atoms with Crippen LogP contribution in [-0.4, -0.2) is 51.2 Å². The highest BCUT2D eigenvalue weighted by atomic mass is 35.5. The molecule has 0 aromatic carbocycles. The van der Waals surface area contributed by atoms with Crippen LogP contribution < -0.4 is 14.3 Å². The standard InChI is InChI=1S/C12H18ClN5O3S/c1-7-9(21-6-4-15-7)11-16-10(13)8-3-5-18(12(8)17-11)22(19,20)14-2/h7,9,14-15H,3-6H2,1-2H3. The Bertz CT molecular complexity index is 684. The molecule has 3 rings (SSSR count). The first-order chi connectivity index (χ1) is 10.4. The Balaban J connectivity index is 2.03. The lowest BCUT2D eigenvalue weighted by Gasteiger charge is -2.29. The average Bonchev–Trinajstić information content (AvgIpc) is 2.93. The average molecular weight is 348 g/mol. The summed E-state index contributed by atoms with van der Waals surface area (Å²) >= 11 is 6.23. The minimum Gasteiger partial charge on any atom is -0.367 e. The van der Waals surface area contributed by atoms with Crippen molar-refractivity contribution in [2.45, 2.75) is 25.5 Å². The predicted octanol–water partition coefficient (Wildman–Crippen LogP) is 0.00610. The molecule has 2 aliphatic rings. The fourth-order valence-electron chi connectivity index (χ4n) is 2.70. The van der Waals surface area contributed by atoms with E-state index in [-0.39, 0.29) is 17.3 Å². The summed E-state index contributed by atoms with van der Waals surface area (Å²) in [6.45, 7) is 3.58. The number of nitrogens with one attached hydrogen (secondary N) is 2. The number of hydrogen-bond donors (Lipinski definition) is 2. The van der Waals surface area contributed by atoms with Crippen molar-refractivity contribution in [2.24, 2.45) is 0 Å². The van der Waals surface area contributed by atoms with Crippen molar-refractivity contribution in [2.75, 3.05) is 31.0 Å². The van der Waals surface area contributed by atoms with Crippen LogP contribution in [0.1, 0.15) is 24.4 Å². The molecule has 2 N–H and O–H groups in total. The third kappa shape index (κ3) is 2.67. The van der Waals surface area contributed by atoms with Crippen molar-refractivity contribution in [1.29, 1.82) is 0 Å². The maximum atomic E-state index is 12.1. The van der Waals surface area contributed by atoms with Gasteiger partial charge in [-0.3, -0.25) is 0 Å². The molecule has 0 amide bonds. The van der Waals surface area contributed by atoms with Crippen LogP contribution in [0.25, 0.3) is 0 Å². The molecule has 1 aromatic heterocycles. The summed E-state index contributed by atoms with van der Waals surface area (Å²) in [5, 5.41) is 3.57. The quantitative estimate of drug-likeness (QED) is 0.747. The molecule has 1 fully saturated rings. The number of rotatable bonds is 3. The lowest BCUT2D eigenvalue weighted by atomic mass is 10.1. The van der Waals surface area contributed by atoms with E-state index in [9.17, 15) is 8.42 Å². The second-order valence-corrected chi connectivity index (χ2v) is 7.40. The summed E-state index contributed by atoms with van der Waals surface area (Å²) in [6.07, 6.45) is 0.144. The van der Waals surface area contributed by atoms with E-state index in [4.69, 9.17) is 16.3 Å². The van der Waals surface area contributed by atoms with E-state index in [1.54, 1.807) is 0 Å². The molecule has 1 aromatic rings. The van der Waals surface area contributed by atoms with Crippen molar-refractivity contribution < 1.29 is 13.2 Å². The molecule has 0 aliphatic carbocycles. The number of ether oxygens (including phenoxy) is 1. The minimum atomic E-state index is -3.61. The molecule has 0 saturated carbocycles. The van der Waals surface area contributed by atoms with E-state index in [0.717, 1.165) is 6.54 Å². The van der Waals surface area contributed by atoms with Gasteiger partial charge in [-0.25, -0.2) is 19.0 Å². The second kappa shape index (κ2) is 5.89. The highest BCUT2D eigenvalue weighted by molar-refractivity contribution is 7.90. The Morgan fingerprint density at radius 2 is 2.23 bits per heavy atom. The van der Waals surface area contributed by atoms with Crippen LogP contribution >= 0.6 is 11.6 Å². The Labute approximate surface area is 134 Å². The fourth-order valence-corrected chi connectivity index (χ4v) is 3.89. The third-order valence-corrected chi connectivity index (χ3v) is 5.64. The molecule has 22 heavy (non-hydrogen) atoms. The largest absolute Gasteiger partial charge is 0.367 e. The number of fused-ring (bicyclic) bond motifs is 1. The molecule has 2 aliphatic heterocycles. The first-order valence-electron chi connectivity index (χ1n) is 7.06. The molecule has 8 nitrogen and oxygen atoms in total. The van der Waals surface area contributed by atoms with Crippen LogP contribution in [0.3, 0.4) is 0 Å². The van der Waals surface area contributed by atoms with Crippen LogP contribution in [0.4, 0.5) is 5.82 Å². The number of aromatic nitrogens is 2. The molecule has 3 heterocycles. The SMILES string of the molecule is CNS(=O)(=O)N1CCc2c(Cl)nc(C3OCCNC3C)nc21. The van der Waals surface area contributed by atoms with Crippen LogP contribution in [0.5, 0.6) is 0 Å². The van der Waals surface area contributed by atoms with Gasteiger partial charge in [-0.05, 0) is 13.3 Å². The van der Waals surface area contributed by atoms with Gasteiger partial charge in [0.05, 0.1) is 6.61 Å². The van der Waals surface area contributed by atoms with Crippen molar-refractivity contribution >= 4 is 27.6 Å². The van der Waals surface area contributed by atoms with Gasteiger partial charge in [-0.1, -0.05) is 11.6 Å². The van der Waals surface area contributed by atoms with Gasteiger partial charge in [0.2, 0.25) is 0 Å². The lowest BCUT2D eigenvalue weighted by Crippen LogP contribution is -2.42. The highest BCUT2D eigenvalue weighted by Crippen LogP contribution is 2.34. The molecular formula is C12H18ClN5O3S. The first-order valence-corrected chi connectivity index (χ1v) is 8.88. The Kier molecular flexibility index (Phi) is 4.25. The molecule has 1 saturated heterocycles. The van der Waals surface area contributed by atoms with Gasteiger partial charge in [-0.15, -0.1) is 0 Å².